The van der Waals surface area contributed by atoms with Crippen molar-refractivity contribution in [2.24, 2.45) is 10.2 Å². The summed E-state index contributed by atoms with van der Waals surface area (Å²) in [5.74, 6) is -1.08. The molecule has 2 aromatic rings. The molecule has 1 N–H and O–H groups in total. The Balaban J connectivity index is 2.06. The summed E-state index contributed by atoms with van der Waals surface area (Å²) in [7, 11) is 0. The molecule has 2 aromatic carbocycles. The smallest absolute Gasteiger partial charge is 0.340 e. The Morgan fingerprint density at radius 3 is 2.33 bits per heavy atom. The molecule has 0 saturated heterocycles. The van der Waals surface area contributed by atoms with Crippen LogP contribution in [0.5, 0.6) is 5.75 Å². The van der Waals surface area contributed by atoms with Crippen LogP contribution >= 0.6 is 0 Å². The Morgan fingerprint density at radius 2 is 1.75 bits per heavy atom. The molecule has 0 bridgehead atoms. The van der Waals surface area contributed by atoms with Gasteiger partial charge in [0.25, 0.3) is 0 Å². The fourth-order valence-corrected chi connectivity index (χ4v) is 1.75. The van der Waals surface area contributed by atoms with E-state index in [4.69, 9.17) is 0 Å². The Labute approximate surface area is 135 Å². The zero-order valence-electron chi connectivity index (χ0n) is 12.5. The maximum absolute atomic E-state index is 12.7. The van der Waals surface area contributed by atoms with E-state index in [2.05, 4.69) is 15.0 Å². The van der Waals surface area contributed by atoms with Gasteiger partial charge in [0, 0.05) is 0 Å². The van der Waals surface area contributed by atoms with E-state index in [9.17, 15) is 23.1 Å². The van der Waals surface area contributed by atoms with Gasteiger partial charge in [-0.05, 0) is 55.0 Å². The van der Waals surface area contributed by atoms with E-state index in [0.29, 0.717) is 11.4 Å². The molecule has 2 rings (SSSR count). The van der Waals surface area contributed by atoms with Crippen molar-refractivity contribution in [3.05, 3.63) is 53.6 Å². The van der Waals surface area contributed by atoms with Gasteiger partial charge in [-0.1, -0.05) is 0 Å². The number of carbonyl (C=O) groups is 1. The maximum atomic E-state index is 12.7. The molecule has 0 heterocycles. The molecule has 0 aromatic heterocycles. The third-order valence-electron chi connectivity index (χ3n) is 2.97. The number of benzene rings is 2. The van der Waals surface area contributed by atoms with E-state index < -0.39 is 18.8 Å². The summed E-state index contributed by atoms with van der Waals surface area (Å²) in [5.41, 5.74) is 1.58. The number of aromatic hydroxyl groups is 1. The number of hydrogen-bond donors (Lipinski definition) is 1. The number of alkyl halides is 3. The number of ether oxygens (including phenoxy) is 1. The average molecular weight is 338 g/mol. The van der Waals surface area contributed by atoms with Crippen molar-refractivity contribution < 1.29 is 27.8 Å². The lowest BCUT2D eigenvalue weighted by atomic mass is 10.2. The summed E-state index contributed by atoms with van der Waals surface area (Å²) >= 11 is 0. The van der Waals surface area contributed by atoms with Crippen LogP contribution in [0.4, 0.5) is 24.5 Å². The second-order valence-electron chi connectivity index (χ2n) is 4.81. The van der Waals surface area contributed by atoms with E-state index in [1.807, 2.05) is 0 Å². The van der Waals surface area contributed by atoms with Crippen LogP contribution in [0.3, 0.4) is 0 Å². The van der Waals surface area contributed by atoms with Gasteiger partial charge in [-0.15, -0.1) is 0 Å². The van der Waals surface area contributed by atoms with Gasteiger partial charge in [0.05, 0.1) is 16.9 Å². The van der Waals surface area contributed by atoms with Gasteiger partial charge < -0.3 is 9.84 Å². The minimum atomic E-state index is -3.39. The van der Waals surface area contributed by atoms with Crippen LogP contribution < -0.4 is 0 Å². The number of phenolic OH excluding ortho intramolecular Hbond substituents is 1. The van der Waals surface area contributed by atoms with Gasteiger partial charge in [0.15, 0.2) is 0 Å². The van der Waals surface area contributed by atoms with E-state index in [0.717, 1.165) is 5.56 Å². The van der Waals surface area contributed by atoms with Crippen LogP contribution in [0.2, 0.25) is 0 Å². The first-order chi connectivity index (χ1) is 11.4. The SMILES string of the molecule is Cc1cc(O)ccc1N=Nc1ccc(C(=O)OC(F)C(F)F)cc1. The van der Waals surface area contributed by atoms with Crippen LogP contribution in [0.1, 0.15) is 15.9 Å². The predicted molar refractivity (Wildman–Crippen MR) is 79.8 cm³/mol. The average Bonchev–Trinajstić information content (AvgIpc) is 2.54. The third kappa shape index (κ3) is 4.55. The molecule has 1 unspecified atom stereocenters. The lowest BCUT2D eigenvalue weighted by Crippen LogP contribution is -2.20. The first-order valence-electron chi connectivity index (χ1n) is 6.81. The molecule has 0 aliphatic heterocycles. The van der Waals surface area contributed by atoms with Gasteiger partial charge in [0.1, 0.15) is 5.75 Å². The Bertz CT molecular complexity index is 749. The van der Waals surface area contributed by atoms with E-state index in [-0.39, 0.29) is 11.3 Å². The highest BCUT2D eigenvalue weighted by Gasteiger charge is 2.24. The maximum Gasteiger partial charge on any atom is 0.340 e. The van der Waals surface area contributed by atoms with Gasteiger partial charge >= 0.3 is 18.8 Å². The number of halogens is 3. The van der Waals surface area contributed by atoms with Crippen molar-refractivity contribution >= 4 is 17.3 Å². The Kier molecular flexibility index (Phi) is 5.51. The molecule has 0 radical (unpaired) electrons. The van der Waals surface area contributed by atoms with E-state index in [1.165, 1.54) is 36.4 Å². The van der Waals surface area contributed by atoms with Crippen molar-refractivity contribution in [2.75, 3.05) is 0 Å². The molecule has 8 heteroatoms. The molecule has 0 saturated carbocycles. The molecule has 0 aliphatic carbocycles. The fraction of sp³-hybridized carbons (Fsp3) is 0.188. The van der Waals surface area contributed by atoms with Crippen molar-refractivity contribution in [3.63, 3.8) is 0 Å². The van der Waals surface area contributed by atoms with Gasteiger partial charge in [0.2, 0.25) is 0 Å². The first kappa shape index (κ1) is 17.5. The highest BCUT2D eigenvalue weighted by atomic mass is 19.3. The third-order valence-corrected chi connectivity index (χ3v) is 2.97. The molecular formula is C16H13F3N2O3. The first-order valence-corrected chi connectivity index (χ1v) is 6.81. The number of carbonyl (C=O) groups excluding carboxylic acids is 1. The van der Waals surface area contributed by atoms with Crippen LogP contribution in [-0.4, -0.2) is 23.9 Å². The largest absolute Gasteiger partial charge is 0.508 e. The van der Waals surface area contributed by atoms with Crippen LogP contribution in [-0.2, 0) is 4.74 Å². The highest BCUT2D eigenvalue weighted by molar-refractivity contribution is 5.89. The summed E-state index contributed by atoms with van der Waals surface area (Å²) in [6, 6.07) is 9.93. The minimum Gasteiger partial charge on any atom is -0.508 e. The Hall–Kier alpha value is -2.90. The van der Waals surface area contributed by atoms with E-state index in [1.54, 1.807) is 13.0 Å². The Morgan fingerprint density at radius 1 is 1.08 bits per heavy atom. The number of phenols is 1. The minimum absolute atomic E-state index is 0.0851. The quantitative estimate of drug-likeness (QED) is 0.627. The molecule has 24 heavy (non-hydrogen) atoms. The summed E-state index contributed by atoms with van der Waals surface area (Å²) in [5, 5.41) is 17.3. The van der Waals surface area contributed by atoms with Crippen LogP contribution in [0.25, 0.3) is 0 Å². The van der Waals surface area contributed by atoms with Crippen molar-refractivity contribution in [3.8, 4) is 5.75 Å². The monoisotopic (exact) mass is 338 g/mol. The number of azo groups is 1. The summed E-state index contributed by atoms with van der Waals surface area (Å²) < 4.78 is 40.6. The molecule has 5 nitrogen and oxygen atoms in total. The second kappa shape index (κ2) is 7.58. The zero-order chi connectivity index (χ0) is 17.7. The summed E-state index contributed by atoms with van der Waals surface area (Å²) in [6.45, 7) is 1.75. The number of esters is 1. The van der Waals surface area contributed by atoms with Gasteiger partial charge in [-0.25, -0.2) is 13.6 Å². The molecule has 0 amide bonds. The zero-order valence-corrected chi connectivity index (χ0v) is 12.5. The van der Waals surface area contributed by atoms with E-state index >= 15 is 0 Å². The highest BCUT2D eigenvalue weighted by Crippen LogP contribution is 2.25. The second-order valence-corrected chi connectivity index (χ2v) is 4.81. The standard InChI is InChI=1S/C16H13F3N2O3/c1-9-8-12(22)6-7-13(9)21-20-11-4-2-10(3-5-11)16(23)24-15(19)14(17)18/h2-8,14-15,22H,1H3. The summed E-state index contributed by atoms with van der Waals surface area (Å²) in [6.07, 6.45) is -6.36. The lowest BCUT2D eigenvalue weighted by Gasteiger charge is -2.08. The van der Waals surface area contributed by atoms with Gasteiger partial charge in [-0.3, -0.25) is 0 Å². The predicted octanol–water partition coefficient (Wildman–Crippen LogP) is 4.83. The van der Waals surface area contributed by atoms with Crippen LogP contribution in [0, 0.1) is 6.92 Å². The molecule has 0 fully saturated rings. The molecular weight excluding hydrogens is 325 g/mol. The fourth-order valence-electron chi connectivity index (χ4n) is 1.75. The number of hydrogen-bond acceptors (Lipinski definition) is 5. The number of nitrogens with zero attached hydrogens (tertiary/aromatic N) is 2. The molecule has 126 valence electrons. The lowest BCUT2D eigenvalue weighted by molar-refractivity contribution is -0.0971. The van der Waals surface area contributed by atoms with Gasteiger partial charge in [-0.2, -0.15) is 14.6 Å². The summed E-state index contributed by atoms with van der Waals surface area (Å²) in [4.78, 5) is 11.5. The normalized spacial score (nSPS) is 12.5. The van der Waals surface area contributed by atoms with Crippen molar-refractivity contribution in [1.82, 2.24) is 0 Å². The topological polar surface area (TPSA) is 71.2 Å². The molecule has 0 aliphatic rings. The molecule has 0 spiro atoms. The van der Waals surface area contributed by atoms with Crippen molar-refractivity contribution in [2.45, 2.75) is 19.7 Å². The van der Waals surface area contributed by atoms with Crippen LogP contribution in [0.15, 0.2) is 52.7 Å². The van der Waals surface area contributed by atoms with Crippen molar-refractivity contribution in [1.29, 1.82) is 0 Å². The molecule has 1 atom stereocenters. The number of aryl methyl sites for hydroxylation is 1. The number of rotatable bonds is 5.